The summed E-state index contributed by atoms with van der Waals surface area (Å²) in [5.41, 5.74) is 2.68. The van der Waals surface area contributed by atoms with E-state index in [1.807, 2.05) is 11.6 Å². The van der Waals surface area contributed by atoms with E-state index in [9.17, 15) is 0 Å². The maximum atomic E-state index is 4.46. The molecule has 0 amide bonds. The number of nitrogens with one attached hydrogen (secondary N) is 2. The average molecular weight is 220 g/mol. The van der Waals surface area contributed by atoms with Gasteiger partial charge >= 0.3 is 0 Å². The minimum Gasteiger partial charge on any atom is -0.366 e. The van der Waals surface area contributed by atoms with Crippen LogP contribution < -0.4 is 10.6 Å². The lowest BCUT2D eigenvalue weighted by atomic mass is 10.2. The molecule has 3 heterocycles. The Balaban J connectivity index is 1.84. The first kappa shape index (κ1) is 9.06. The molecule has 15 heavy (non-hydrogen) atoms. The summed E-state index contributed by atoms with van der Waals surface area (Å²) in [6.45, 7) is 2.12. The molecule has 0 aliphatic carbocycles. The van der Waals surface area contributed by atoms with Crippen molar-refractivity contribution in [3.8, 4) is 0 Å². The molecule has 78 valence electrons. The van der Waals surface area contributed by atoms with Crippen LogP contribution in [0.3, 0.4) is 0 Å². The van der Waals surface area contributed by atoms with Gasteiger partial charge in [0.2, 0.25) is 0 Å². The van der Waals surface area contributed by atoms with Crippen LogP contribution in [-0.2, 0) is 0 Å². The van der Waals surface area contributed by atoms with Crippen LogP contribution in [0.15, 0.2) is 17.6 Å². The summed E-state index contributed by atoms with van der Waals surface area (Å²) in [5.74, 6) is 0.933. The number of pyridine rings is 1. The summed E-state index contributed by atoms with van der Waals surface area (Å²) in [7, 11) is 0. The molecule has 2 aromatic heterocycles. The fraction of sp³-hybridized carbons (Fsp3) is 0.400. The molecule has 3 rings (SSSR count). The Morgan fingerprint density at radius 1 is 1.47 bits per heavy atom. The topological polar surface area (TPSA) is 49.8 Å². The Bertz CT molecular complexity index is 461. The van der Waals surface area contributed by atoms with Gasteiger partial charge in [-0.25, -0.2) is 9.97 Å². The molecule has 2 N–H and O–H groups in total. The maximum Gasteiger partial charge on any atom is 0.172 e. The summed E-state index contributed by atoms with van der Waals surface area (Å²) in [4.78, 5) is 8.66. The molecule has 1 unspecified atom stereocenters. The first-order valence-corrected chi connectivity index (χ1v) is 5.97. The fourth-order valence-corrected chi connectivity index (χ4v) is 2.44. The minimum atomic E-state index is 0.508. The lowest BCUT2D eigenvalue weighted by Gasteiger charge is -2.11. The zero-order chi connectivity index (χ0) is 10.1. The van der Waals surface area contributed by atoms with Gasteiger partial charge in [-0.15, -0.1) is 11.3 Å². The predicted octanol–water partition coefficient (Wildman–Crippen LogP) is 1.47. The van der Waals surface area contributed by atoms with E-state index in [1.54, 1.807) is 11.3 Å². The normalized spacial score (nSPS) is 20.9. The quantitative estimate of drug-likeness (QED) is 0.804. The lowest BCUT2D eigenvalue weighted by molar-refractivity contribution is 0.789. The van der Waals surface area contributed by atoms with Crippen LogP contribution in [0.4, 0.5) is 5.82 Å². The smallest absolute Gasteiger partial charge is 0.172 e. The first-order valence-electron chi connectivity index (χ1n) is 5.09. The number of hydrogen-bond donors (Lipinski definition) is 2. The second kappa shape index (κ2) is 3.75. The molecule has 5 heteroatoms. The van der Waals surface area contributed by atoms with E-state index in [0.29, 0.717) is 6.04 Å². The summed E-state index contributed by atoms with van der Waals surface area (Å²) in [6.07, 6.45) is 1.16. The number of thiazole rings is 1. The van der Waals surface area contributed by atoms with Crippen molar-refractivity contribution in [1.29, 1.82) is 0 Å². The third kappa shape index (κ3) is 1.80. The van der Waals surface area contributed by atoms with Gasteiger partial charge in [0.15, 0.2) is 5.65 Å². The van der Waals surface area contributed by atoms with Crippen molar-refractivity contribution in [1.82, 2.24) is 15.3 Å². The standard InChI is InChI=1S/C10H12N4S/c1-2-9(13-7-3-4-11-5-7)14-10-8(1)15-6-12-10/h1-2,6-7,11H,3-5H2,(H,13,14). The van der Waals surface area contributed by atoms with Gasteiger partial charge in [0, 0.05) is 12.6 Å². The van der Waals surface area contributed by atoms with Gasteiger partial charge in [0.25, 0.3) is 0 Å². The molecule has 0 saturated carbocycles. The summed E-state index contributed by atoms with van der Waals surface area (Å²) in [6, 6.07) is 4.61. The zero-order valence-corrected chi connectivity index (χ0v) is 9.05. The second-order valence-corrected chi connectivity index (χ2v) is 4.59. The number of anilines is 1. The van der Waals surface area contributed by atoms with E-state index in [2.05, 4.69) is 26.7 Å². The van der Waals surface area contributed by atoms with Gasteiger partial charge in [-0.05, 0) is 25.1 Å². The SMILES string of the molecule is c1nc2nc(NC3CCNC3)ccc2s1. The molecule has 1 atom stereocenters. The summed E-state index contributed by atoms with van der Waals surface area (Å²) in [5, 5.41) is 6.73. The molecule has 0 aromatic carbocycles. The van der Waals surface area contributed by atoms with Crippen molar-refractivity contribution >= 4 is 27.5 Å². The van der Waals surface area contributed by atoms with E-state index < -0.39 is 0 Å². The fourth-order valence-electron chi connectivity index (χ4n) is 1.82. The minimum absolute atomic E-state index is 0.508. The van der Waals surface area contributed by atoms with Gasteiger partial charge in [-0.2, -0.15) is 0 Å². The Labute approximate surface area is 91.7 Å². The third-order valence-corrected chi connectivity index (χ3v) is 3.39. The van der Waals surface area contributed by atoms with Crippen LogP contribution >= 0.6 is 11.3 Å². The molecule has 4 nitrogen and oxygen atoms in total. The van der Waals surface area contributed by atoms with Gasteiger partial charge < -0.3 is 10.6 Å². The van der Waals surface area contributed by atoms with Crippen molar-refractivity contribution in [2.24, 2.45) is 0 Å². The number of rotatable bonds is 2. The van der Waals surface area contributed by atoms with Crippen LogP contribution in [0, 0.1) is 0 Å². The Kier molecular flexibility index (Phi) is 2.26. The second-order valence-electron chi connectivity index (χ2n) is 3.70. The van der Waals surface area contributed by atoms with E-state index in [-0.39, 0.29) is 0 Å². The van der Waals surface area contributed by atoms with Crippen LogP contribution in [0.25, 0.3) is 10.3 Å². The van der Waals surface area contributed by atoms with E-state index in [0.717, 1.165) is 35.7 Å². The van der Waals surface area contributed by atoms with Crippen molar-refractivity contribution in [2.75, 3.05) is 18.4 Å². The van der Waals surface area contributed by atoms with Gasteiger partial charge in [-0.1, -0.05) is 0 Å². The van der Waals surface area contributed by atoms with Crippen LogP contribution in [0.2, 0.25) is 0 Å². The van der Waals surface area contributed by atoms with E-state index in [4.69, 9.17) is 0 Å². The number of hydrogen-bond acceptors (Lipinski definition) is 5. The summed E-state index contributed by atoms with van der Waals surface area (Å²) < 4.78 is 1.14. The molecular formula is C10H12N4S. The zero-order valence-electron chi connectivity index (χ0n) is 8.23. The van der Waals surface area contributed by atoms with E-state index >= 15 is 0 Å². The Morgan fingerprint density at radius 3 is 3.33 bits per heavy atom. The average Bonchev–Trinajstić information content (AvgIpc) is 2.87. The Hall–Kier alpha value is -1.20. The molecule has 1 fully saturated rings. The van der Waals surface area contributed by atoms with Crippen molar-refractivity contribution < 1.29 is 0 Å². The van der Waals surface area contributed by atoms with Crippen LogP contribution in [0.1, 0.15) is 6.42 Å². The van der Waals surface area contributed by atoms with E-state index in [1.165, 1.54) is 0 Å². The largest absolute Gasteiger partial charge is 0.366 e. The molecule has 1 aliphatic rings. The maximum absolute atomic E-state index is 4.46. The molecule has 1 aliphatic heterocycles. The van der Waals surface area contributed by atoms with Crippen LogP contribution in [0.5, 0.6) is 0 Å². The highest BCUT2D eigenvalue weighted by molar-refractivity contribution is 7.16. The highest BCUT2D eigenvalue weighted by atomic mass is 32.1. The third-order valence-electron chi connectivity index (χ3n) is 2.61. The highest BCUT2D eigenvalue weighted by Gasteiger charge is 2.14. The van der Waals surface area contributed by atoms with Crippen molar-refractivity contribution in [3.63, 3.8) is 0 Å². The molecular weight excluding hydrogens is 208 g/mol. The Morgan fingerprint density at radius 2 is 2.47 bits per heavy atom. The summed E-state index contributed by atoms with van der Waals surface area (Å²) >= 11 is 1.63. The van der Waals surface area contributed by atoms with Crippen LogP contribution in [-0.4, -0.2) is 29.1 Å². The van der Waals surface area contributed by atoms with Gasteiger partial charge in [0.05, 0.1) is 10.2 Å². The monoisotopic (exact) mass is 220 g/mol. The molecule has 0 bridgehead atoms. The molecule has 0 spiro atoms. The van der Waals surface area contributed by atoms with Crippen molar-refractivity contribution in [2.45, 2.75) is 12.5 Å². The predicted molar refractivity (Wildman–Crippen MR) is 62.3 cm³/mol. The molecule has 0 radical (unpaired) electrons. The van der Waals surface area contributed by atoms with Gasteiger partial charge in [0.1, 0.15) is 5.82 Å². The van der Waals surface area contributed by atoms with Crippen molar-refractivity contribution in [3.05, 3.63) is 17.6 Å². The number of aromatic nitrogens is 2. The molecule has 1 saturated heterocycles. The number of nitrogens with zero attached hydrogens (tertiary/aromatic N) is 2. The lowest BCUT2D eigenvalue weighted by Crippen LogP contribution is -2.22. The first-order chi connectivity index (χ1) is 7.42. The van der Waals surface area contributed by atoms with Gasteiger partial charge in [-0.3, -0.25) is 0 Å². The molecule has 2 aromatic rings. The number of fused-ring (bicyclic) bond motifs is 1. The highest BCUT2D eigenvalue weighted by Crippen LogP contribution is 2.18.